The van der Waals surface area contributed by atoms with Crippen LogP contribution in [0.2, 0.25) is 5.02 Å². The van der Waals surface area contributed by atoms with E-state index in [9.17, 15) is 9.59 Å². The molecule has 0 aliphatic carbocycles. The number of hydrogen-bond donors (Lipinski definition) is 3. The maximum atomic E-state index is 12.2. The number of halogens is 1. The third-order valence-corrected chi connectivity index (χ3v) is 4.02. The average molecular weight is 400 g/mol. The van der Waals surface area contributed by atoms with E-state index in [-0.39, 0.29) is 18.4 Å². The Balaban J connectivity index is 1.54. The van der Waals surface area contributed by atoms with Crippen LogP contribution < -0.4 is 16.0 Å². The molecule has 144 valence electrons. The normalized spacial score (nSPS) is 10.4. The van der Waals surface area contributed by atoms with E-state index >= 15 is 0 Å². The molecule has 0 aliphatic rings. The van der Waals surface area contributed by atoms with Gasteiger partial charge in [-0.05, 0) is 42.5 Å². The van der Waals surface area contributed by atoms with Gasteiger partial charge in [0.15, 0.2) is 0 Å². The second-order valence-electron chi connectivity index (χ2n) is 5.85. The summed E-state index contributed by atoms with van der Waals surface area (Å²) in [6.07, 6.45) is 0.484. The summed E-state index contributed by atoms with van der Waals surface area (Å²) in [4.78, 5) is 27.8. The quantitative estimate of drug-likeness (QED) is 0.585. The molecule has 0 unspecified atom stereocenters. The highest BCUT2D eigenvalue weighted by Crippen LogP contribution is 2.19. The van der Waals surface area contributed by atoms with Crippen LogP contribution in [0.25, 0.3) is 11.4 Å². The molecule has 28 heavy (non-hydrogen) atoms. The first-order chi connectivity index (χ1) is 13.5. The fourth-order valence-corrected chi connectivity index (χ4v) is 2.51. The fourth-order valence-electron chi connectivity index (χ4n) is 2.38. The van der Waals surface area contributed by atoms with E-state index in [1.165, 1.54) is 7.05 Å². The van der Waals surface area contributed by atoms with Gasteiger partial charge < -0.3 is 20.5 Å². The molecule has 1 heterocycles. The number of aryl methyl sites for hydroxylation is 1. The smallest absolute Gasteiger partial charge is 0.318 e. The van der Waals surface area contributed by atoms with Gasteiger partial charge in [0.2, 0.25) is 17.6 Å². The zero-order valence-electron chi connectivity index (χ0n) is 15.0. The van der Waals surface area contributed by atoms with Crippen molar-refractivity contribution in [2.24, 2.45) is 0 Å². The number of nitrogens with zero attached hydrogens (tertiary/aromatic N) is 2. The summed E-state index contributed by atoms with van der Waals surface area (Å²) in [5.41, 5.74) is 1.93. The van der Waals surface area contributed by atoms with Crippen molar-refractivity contribution in [1.82, 2.24) is 15.5 Å². The third-order valence-electron chi connectivity index (χ3n) is 3.77. The second-order valence-corrected chi connectivity index (χ2v) is 6.29. The van der Waals surface area contributed by atoms with Crippen LogP contribution in [0.15, 0.2) is 53.1 Å². The van der Waals surface area contributed by atoms with Crippen molar-refractivity contribution in [2.75, 3.05) is 17.7 Å². The van der Waals surface area contributed by atoms with Crippen LogP contribution in [0, 0.1) is 0 Å². The molecule has 3 N–H and O–H groups in total. The van der Waals surface area contributed by atoms with Gasteiger partial charge in [-0.2, -0.15) is 4.98 Å². The Bertz CT molecular complexity index is 972. The number of anilines is 2. The zero-order valence-corrected chi connectivity index (χ0v) is 15.8. The topological polar surface area (TPSA) is 109 Å². The van der Waals surface area contributed by atoms with E-state index in [4.69, 9.17) is 16.1 Å². The van der Waals surface area contributed by atoms with Crippen LogP contribution in [-0.4, -0.2) is 29.1 Å². The summed E-state index contributed by atoms with van der Waals surface area (Å²) >= 11 is 5.86. The minimum atomic E-state index is -0.337. The maximum Gasteiger partial charge on any atom is 0.318 e. The van der Waals surface area contributed by atoms with Gasteiger partial charge in [0.25, 0.3) is 0 Å². The number of carbonyl (C=O) groups excluding carboxylic acids is 2. The first-order valence-electron chi connectivity index (χ1n) is 8.50. The molecule has 0 radical (unpaired) electrons. The second kappa shape index (κ2) is 9.01. The van der Waals surface area contributed by atoms with E-state index < -0.39 is 0 Å². The lowest BCUT2D eigenvalue weighted by atomic mass is 10.2. The van der Waals surface area contributed by atoms with E-state index in [0.717, 1.165) is 5.56 Å². The van der Waals surface area contributed by atoms with E-state index in [0.29, 0.717) is 34.5 Å². The molecule has 0 fully saturated rings. The minimum Gasteiger partial charge on any atom is -0.341 e. The molecule has 1 aromatic heterocycles. The van der Waals surface area contributed by atoms with Gasteiger partial charge in [0.05, 0.1) is 0 Å². The molecule has 3 amide bonds. The largest absolute Gasteiger partial charge is 0.341 e. The predicted octanol–water partition coefficient (Wildman–Crippen LogP) is 3.71. The van der Waals surface area contributed by atoms with Crippen molar-refractivity contribution in [1.29, 1.82) is 0 Å². The lowest BCUT2D eigenvalue weighted by Gasteiger charge is -2.08. The molecule has 3 rings (SSSR count). The van der Waals surface area contributed by atoms with E-state index in [2.05, 4.69) is 26.1 Å². The summed E-state index contributed by atoms with van der Waals surface area (Å²) in [5, 5.41) is 12.4. The molecule has 0 saturated heterocycles. The van der Waals surface area contributed by atoms with Crippen LogP contribution in [0.1, 0.15) is 12.3 Å². The molecule has 8 nitrogen and oxygen atoms in total. The number of aromatic nitrogens is 2. The van der Waals surface area contributed by atoms with Gasteiger partial charge in [-0.3, -0.25) is 4.79 Å². The van der Waals surface area contributed by atoms with Crippen molar-refractivity contribution in [2.45, 2.75) is 12.8 Å². The number of benzene rings is 2. The fraction of sp³-hybridized carbons (Fsp3) is 0.158. The minimum absolute atomic E-state index is 0.176. The van der Waals surface area contributed by atoms with Crippen LogP contribution in [0.5, 0.6) is 0 Å². The highest BCUT2D eigenvalue weighted by molar-refractivity contribution is 6.30. The maximum absolute atomic E-state index is 12.2. The Labute approximate surface area is 166 Å². The molecule has 0 aliphatic heterocycles. The van der Waals surface area contributed by atoms with Gasteiger partial charge in [-0.1, -0.05) is 22.8 Å². The SMILES string of the molecule is CNC(=O)Nc1cccc(NC(=O)CCc2nc(-c3ccc(Cl)cc3)no2)c1. The Morgan fingerprint density at radius 2 is 1.79 bits per heavy atom. The summed E-state index contributed by atoms with van der Waals surface area (Å²) in [5.74, 6) is 0.610. The molecule has 0 spiro atoms. The van der Waals surface area contributed by atoms with Gasteiger partial charge in [0, 0.05) is 41.9 Å². The lowest BCUT2D eigenvalue weighted by molar-refractivity contribution is -0.116. The summed E-state index contributed by atoms with van der Waals surface area (Å²) < 4.78 is 5.20. The number of amides is 3. The van der Waals surface area contributed by atoms with Crippen molar-refractivity contribution >= 4 is 34.9 Å². The van der Waals surface area contributed by atoms with E-state index in [1.807, 2.05) is 0 Å². The summed E-state index contributed by atoms with van der Waals surface area (Å²) in [6, 6.07) is 13.6. The van der Waals surface area contributed by atoms with Crippen LogP contribution >= 0.6 is 11.6 Å². The number of hydrogen-bond acceptors (Lipinski definition) is 5. The molecule has 0 atom stereocenters. The highest BCUT2D eigenvalue weighted by Gasteiger charge is 2.11. The number of urea groups is 1. The molecule has 3 aromatic rings. The zero-order chi connectivity index (χ0) is 19.9. The third kappa shape index (κ3) is 5.31. The van der Waals surface area contributed by atoms with Crippen molar-refractivity contribution in [3.63, 3.8) is 0 Å². The highest BCUT2D eigenvalue weighted by atomic mass is 35.5. The summed E-state index contributed by atoms with van der Waals surface area (Å²) in [7, 11) is 1.52. The number of rotatable bonds is 6. The van der Waals surface area contributed by atoms with Crippen molar-refractivity contribution < 1.29 is 14.1 Å². The van der Waals surface area contributed by atoms with Gasteiger partial charge in [0.1, 0.15) is 0 Å². The van der Waals surface area contributed by atoms with E-state index in [1.54, 1.807) is 48.5 Å². The molecule has 2 aromatic carbocycles. The molecule has 0 saturated carbocycles. The Kier molecular flexibility index (Phi) is 6.23. The molecule has 0 bridgehead atoms. The molecule has 9 heteroatoms. The summed E-state index contributed by atoms with van der Waals surface area (Å²) in [6.45, 7) is 0. The van der Waals surface area contributed by atoms with Gasteiger partial charge in [-0.15, -0.1) is 0 Å². The Morgan fingerprint density at radius 3 is 2.50 bits per heavy atom. The predicted molar refractivity (Wildman–Crippen MR) is 106 cm³/mol. The van der Waals surface area contributed by atoms with Crippen LogP contribution in [0.4, 0.5) is 16.2 Å². The van der Waals surface area contributed by atoms with Gasteiger partial charge >= 0.3 is 6.03 Å². The average Bonchev–Trinajstić information content (AvgIpc) is 3.16. The number of nitrogens with one attached hydrogen (secondary N) is 3. The Morgan fingerprint density at radius 1 is 1.07 bits per heavy atom. The van der Waals surface area contributed by atoms with Gasteiger partial charge in [-0.25, -0.2) is 4.79 Å². The standard InChI is InChI=1S/C19H18ClN5O3/c1-21-19(27)23-15-4-2-3-14(11-15)22-16(26)9-10-17-24-18(25-28-17)12-5-7-13(20)8-6-12/h2-8,11H,9-10H2,1H3,(H,22,26)(H2,21,23,27). The van der Waals surface area contributed by atoms with Crippen molar-refractivity contribution in [3.8, 4) is 11.4 Å². The molecular weight excluding hydrogens is 382 g/mol. The van der Waals surface area contributed by atoms with Crippen LogP contribution in [-0.2, 0) is 11.2 Å². The van der Waals surface area contributed by atoms with Crippen LogP contribution in [0.3, 0.4) is 0 Å². The number of carbonyl (C=O) groups is 2. The first-order valence-corrected chi connectivity index (χ1v) is 8.88. The first kappa shape index (κ1) is 19.4. The lowest BCUT2D eigenvalue weighted by Crippen LogP contribution is -2.24. The van der Waals surface area contributed by atoms with Crippen molar-refractivity contribution in [3.05, 3.63) is 59.4 Å². The Hall–Kier alpha value is -3.39. The monoisotopic (exact) mass is 399 g/mol. The molecular formula is C19H18ClN5O3.